The molecule has 1 heterocycles. The van der Waals surface area contributed by atoms with Crippen LogP contribution in [0.2, 0.25) is 0 Å². The SMILES string of the molecule is CCCc1cc(C(=O)Nc2ccccc2F)cc(NN)n1. The number of amides is 1. The minimum atomic E-state index is -0.481. The Kier molecular flexibility index (Phi) is 4.84. The molecule has 0 spiro atoms. The number of nitrogens with two attached hydrogens (primary N) is 1. The Hall–Kier alpha value is -2.47. The van der Waals surface area contributed by atoms with Crippen LogP contribution >= 0.6 is 0 Å². The van der Waals surface area contributed by atoms with Crippen LogP contribution in [0.1, 0.15) is 29.4 Å². The first-order valence-corrected chi connectivity index (χ1v) is 6.67. The summed E-state index contributed by atoms with van der Waals surface area (Å²) in [5.41, 5.74) is 3.70. The first-order valence-electron chi connectivity index (χ1n) is 6.67. The standard InChI is InChI=1S/C15H17FN4O/c1-2-5-11-8-10(9-14(18-11)20-17)15(21)19-13-7-4-3-6-12(13)16/h3-4,6-9H,2,5,17H2,1H3,(H,18,20)(H,19,21). The molecule has 0 aliphatic rings. The van der Waals surface area contributed by atoms with E-state index in [-0.39, 0.29) is 5.69 Å². The Morgan fingerprint density at radius 1 is 1.33 bits per heavy atom. The summed E-state index contributed by atoms with van der Waals surface area (Å²) in [7, 11) is 0. The molecular formula is C15H17FN4O. The number of hydrogen-bond acceptors (Lipinski definition) is 4. The number of para-hydroxylation sites is 1. The van der Waals surface area contributed by atoms with Gasteiger partial charge >= 0.3 is 0 Å². The molecule has 0 aliphatic heterocycles. The van der Waals surface area contributed by atoms with Gasteiger partial charge in [0.15, 0.2) is 0 Å². The van der Waals surface area contributed by atoms with Crippen molar-refractivity contribution in [2.24, 2.45) is 5.84 Å². The quantitative estimate of drug-likeness (QED) is 0.584. The van der Waals surface area contributed by atoms with Crippen LogP contribution in [-0.2, 0) is 6.42 Å². The van der Waals surface area contributed by atoms with Gasteiger partial charge in [-0.25, -0.2) is 15.2 Å². The van der Waals surface area contributed by atoms with E-state index >= 15 is 0 Å². The number of hydrazine groups is 1. The number of carbonyl (C=O) groups is 1. The van der Waals surface area contributed by atoms with Crippen molar-refractivity contribution in [1.29, 1.82) is 0 Å². The topological polar surface area (TPSA) is 80.0 Å². The van der Waals surface area contributed by atoms with E-state index in [0.29, 0.717) is 11.4 Å². The summed E-state index contributed by atoms with van der Waals surface area (Å²) in [5.74, 6) is 4.87. The van der Waals surface area contributed by atoms with Gasteiger partial charge in [0.1, 0.15) is 11.6 Å². The number of pyridine rings is 1. The number of nitrogens with one attached hydrogen (secondary N) is 2. The van der Waals surface area contributed by atoms with Crippen LogP contribution in [0.3, 0.4) is 0 Å². The molecule has 0 unspecified atom stereocenters. The molecule has 21 heavy (non-hydrogen) atoms. The molecule has 0 bridgehead atoms. The van der Waals surface area contributed by atoms with Gasteiger partial charge in [0.25, 0.3) is 5.91 Å². The Bertz CT molecular complexity index is 645. The largest absolute Gasteiger partial charge is 0.319 e. The van der Waals surface area contributed by atoms with Gasteiger partial charge in [-0.1, -0.05) is 25.5 Å². The van der Waals surface area contributed by atoms with Crippen LogP contribution in [0.25, 0.3) is 0 Å². The average molecular weight is 288 g/mol. The van der Waals surface area contributed by atoms with Crippen molar-refractivity contribution in [3.63, 3.8) is 0 Å². The minimum Gasteiger partial charge on any atom is -0.319 e. The summed E-state index contributed by atoms with van der Waals surface area (Å²) in [5, 5.41) is 2.54. The second-order valence-electron chi connectivity index (χ2n) is 4.56. The fourth-order valence-corrected chi connectivity index (χ4v) is 1.93. The number of nitrogen functional groups attached to an aromatic ring is 1. The van der Waals surface area contributed by atoms with Gasteiger partial charge in [-0.2, -0.15) is 0 Å². The van der Waals surface area contributed by atoms with Crippen molar-refractivity contribution in [3.05, 3.63) is 53.5 Å². The fraction of sp³-hybridized carbons (Fsp3) is 0.200. The summed E-state index contributed by atoms with van der Waals surface area (Å²) >= 11 is 0. The maximum absolute atomic E-state index is 13.6. The van der Waals surface area contributed by atoms with Crippen molar-refractivity contribution in [2.75, 3.05) is 10.7 Å². The van der Waals surface area contributed by atoms with Crippen LogP contribution in [0.15, 0.2) is 36.4 Å². The van der Waals surface area contributed by atoms with E-state index in [2.05, 4.69) is 15.7 Å². The minimum absolute atomic E-state index is 0.138. The molecule has 1 aromatic carbocycles. The lowest BCUT2D eigenvalue weighted by Gasteiger charge is -2.09. The maximum Gasteiger partial charge on any atom is 0.255 e. The number of aromatic nitrogens is 1. The summed E-state index contributed by atoms with van der Waals surface area (Å²) in [6.45, 7) is 2.02. The third-order valence-electron chi connectivity index (χ3n) is 2.92. The van der Waals surface area contributed by atoms with Crippen LogP contribution in [0.5, 0.6) is 0 Å². The molecule has 0 radical (unpaired) electrons. The molecular weight excluding hydrogens is 271 g/mol. The lowest BCUT2D eigenvalue weighted by Crippen LogP contribution is -2.16. The highest BCUT2D eigenvalue weighted by molar-refractivity contribution is 6.04. The second kappa shape index (κ2) is 6.81. The third kappa shape index (κ3) is 3.76. The van der Waals surface area contributed by atoms with Crippen molar-refractivity contribution >= 4 is 17.4 Å². The highest BCUT2D eigenvalue weighted by Gasteiger charge is 2.11. The molecule has 0 saturated carbocycles. The summed E-state index contributed by atoms with van der Waals surface area (Å²) in [6, 6.07) is 9.21. The zero-order chi connectivity index (χ0) is 15.2. The van der Waals surface area contributed by atoms with E-state index in [9.17, 15) is 9.18 Å². The van der Waals surface area contributed by atoms with Gasteiger partial charge in [-0.3, -0.25) is 4.79 Å². The van der Waals surface area contributed by atoms with Gasteiger partial charge < -0.3 is 10.7 Å². The van der Waals surface area contributed by atoms with Crippen molar-refractivity contribution in [1.82, 2.24) is 4.98 Å². The Morgan fingerprint density at radius 2 is 2.10 bits per heavy atom. The lowest BCUT2D eigenvalue weighted by molar-refractivity contribution is 0.102. The van der Waals surface area contributed by atoms with Crippen molar-refractivity contribution in [3.8, 4) is 0 Å². The lowest BCUT2D eigenvalue weighted by atomic mass is 10.1. The molecule has 0 fully saturated rings. The molecule has 2 rings (SSSR count). The van der Waals surface area contributed by atoms with E-state index < -0.39 is 11.7 Å². The van der Waals surface area contributed by atoms with E-state index in [0.717, 1.165) is 18.5 Å². The van der Waals surface area contributed by atoms with Crippen LogP contribution < -0.4 is 16.6 Å². The summed E-state index contributed by atoms with van der Waals surface area (Å²) in [4.78, 5) is 16.5. The Labute approximate surface area is 122 Å². The van der Waals surface area contributed by atoms with Crippen LogP contribution in [-0.4, -0.2) is 10.9 Å². The molecule has 4 N–H and O–H groups in total. The normalized spacial score (nSPS) is 10.2. The molecule has 6 heteroatoms. The van der Waals surface area contributed by atoms with Gasteiger partial charge in [-0.15, -0.1) is 0 Å². The first-order chi connectivity index (χ1) is 10.1. The third-order valence-corrected chi connectivity index (χ3v) is 2.92. The van der Waals surface area contributed by atoms with E-state index in [1.54, 1.807) is 18.2 Å². The molecule has 0 aliphatic carbocycles. The zero-order valence-electron chi connectivity index (χ0n) is 11.7. The number of hydrogen-bond donors (Lipinski definition) is 3. The molecule has 1 aromatic heterocycles. The smallest absolute Gasteiger partial charge is 0.255 e. The van der Waals surface area contributed by atoms with Gasteiger partial charge in [0.05, 0.1) is 5.69 Å². The molecule has 5 nitrogen and oxygen atoms in total. The maximum atomic E-state index is 13.6. The number of nitrogens with zero attached hydrogens (tertiary/aromatic N) is 1. The van der Waals surface area contributed by atoms with E-state index in [1.165, 1.54) is 18.2 Å². The molecule has 2 aromatic rings. The van der Waals surface area contributed by atoms with E-state index in [4.69, 9.17) is 5.84 Å². The number of halogens is 1. The number of aryl methyl sites for hydroxylation is 1. The van der Waals surface area contributed by atoms with Gasteiger partial charge in [0, 0.05) is 11.3 Å². The molecule has 0 atom stereocenters. The molecule has 110 valence electrons. The van der Waals surface area contributed by atoms with Crippen molar-refractivity contribution < 1.29 is 9.18 Å². The second-order valence-corrected chi connectivity index (χ2v) is 4.56. The van der Waals surface area contributed by atoms with E-state index in [1.807, 2.05) is 6.92 Å². The number of anilines is 2. The first kappa shape index (κ1) is 14.9. The molecule has 1 amide bonds. The average Bonchev–Trinajstić information content (AvgIpc) is 2.49. The number of carbonyl (C=O) groups excluding carboxylic acids is 1. The van der Waals surface area contributed by atoms with Gasteiger partial charge in [0.2, 0.25) is 0 Å². The fourth-order valence-electron chi connectivity index (χ4n) is 1.93. The van der Waals surface area contributed by atoms with Crippen LogP contribution in [0.4, 0.5) is 15.9 Å². The van der Waals surface area contributed by atoms with Crippen LogP contribution in [0, 0.1) is 5.82 Å². The van der Waals surface area contributed by atoms with Gasteiger partial charge in [-0.05, 0) is 30.7 Å². The highest BCUT2D eigenvalue weighted by atomic mass is 19.1. The van der Waals surface area contributed by atoms with Crippen molar-refractivity contribution in [2.45, 2.75) is 19.8 Å². The Morgan fingerprint density at radius 3 is 2.76 bits per heavy atom. The number of benzene rings is 1. The predicted octanol–water partition coefficient (Wildman–Crippen LogP) is 2.71. The molecule has 0 saturated heterocycles. The zero-order valence-corrected chi connectivity index (χ0v) is 11.7. The summed E-state index contributed by atoms with van der Waals surface area (Å²) in [6.07, 6.45) is 1.63. The summed E-state index contributed by atoms with van der Waals surface area (Å²) < 4.78 is 13.6. The predicted molar refractivity (Wildman–Crippen MR) is 80.4 cm³/mol. The number of rotatable bonds is 5. The highest BCUT2D eigenvalue weighted by Crippen LogP contribution is 2.16. The monoisotopic (exact) mass is 288 g/mol. The Balaban J connectivity index is 2.26.